The van der Waals surface area contributed by atoms with E-state index in [2.05, 4.69) is 12.1 Å². The summed E-state index contributed by atoms with van der Waals surface area (Å²) < 4.78 is 0. The van der Waals surface area contributed by atoms with Crippen molar-refractivity contribution in [1.82, 2.24) is 0 Å². The van der Waals surface area contributed by atoms with Crippen LogP contribution in [0.25, 0.3) is 17.2 Å². The molecule has 0 aliphatic rings. The van der Waals surface area contributed by atoms with Crippen molar-refractivity contribution in [2.45, 2.75) is 0 Å². The van der Waals surface area contributed by atoms with E-state index in [1.165, 1.54) is 4.88 Å². The van der Waals surface area contributed by atoms with Crippen molar-refractivity contribution in [3.63, 3.8) is 0 Å². The summed E-state index contributed by atoms with van der Waals surface area (Å²) >= 11 is 1.67. The van der Waals surface area contributed by atoms with Gasteiger partial charge in [0.1, 0.15) is 0 Å². The molecule has 112 valence electrons. The third-order valence-corrected chi connectivity index (χ3v) is 4.28. The number of allylic oxidation sites excluding steroid dienone is 3. The highest BCUT2D eigenvalue weighted by atomic mass is 32.1. The third-order valence-electron chi connectivity index (χ3n) is 3.44. The van der Waals surface area contributed by atoms with Crippen LogP contribution in [0.5, 0.6) is 0 Å². The molecule has 0 bridgehead atoms. The first-order chi connectivity index (χ1) is 11.3. The Morgan fingerprint density at radius 3 is 2.22 bits per heavy atom. The average molecular weight is 316 g/mol. The summed E-state index contributed by atoms with van der Waals surface area (Å²) in [5.74, 6) is 0.0143. The average Bonchev–Trinajstić information content (AvgIpc) is 3.13. The van der Waals surface area contributed by atoms with Crippen molar-refractivity contribution in [2.24, 2.45) is 0 Å². The van der Waals surface area contributed by atoms with E-state index in [0.717, 1.165) is 11.1 Å². The minimum absolute atomic E-state index is 0.0143. The van der Waals surface area contributed by atoms with Crippen LogP contribution in [0, 0.1) is 0 Å². The van der Waals surface area contributed by atoms with E-state index in [9.17, 15) is 4.79 Å². The van der Waals surface area contributed by atoms with E-state index in [4.69, 9.17) is 0 Å². The van der Waals surface area contributed by atoms with Gasteiger partial charge in [0.25, 0.3) is 0 Å². The van der Waals surface area contributed by atoms with E-state index in [1.807, 2.05) is 72.1 Å². The monoisotopic (exact) mass is 316 g/mol. The molecule has 2 aromatic carbocycles. The van der Waals surface area contributed by atoms with Crippen LogP contribution < -0.4 is 0 Å². The zero-order chi connectivity index (χ0) is 15.9. The first-order valence-electron chi connectivity index (χ1n) is 7.41. The Kier molecular flexibility index (Phi) is 4.97. The molecule has 23 heavy (non-hydrogen) atoms. The highest BCUT2D eigenvalue weighted by Crippen LogP contribution is 2.19. The Labute approximate surface area is 140 Å². The van der Waals surface area contributed by atoms with Crippen molar-refractivity contribution in [2.75, 3.05) is 0 Å². The van der Waals surface area contributed by atoms with Gasteiger partial charge in [0.15, 0.2) is 5.78 Å². The molecular formula is C21H16OS. The number of carbonyl (C=O) groups is 1. The fourth-order valence-corrected chi connectivity index (χ4v) is 2.86. The summed E-state index contributed by atoms with van der Waals surface area (Å²) in [6.07, 6.45) is 7.27. The van der Waals surface area contributed by atoms with Crippen LogP contribution in [0.1, 0.15) is 15.2 Å². The number of rotatable bonds is 5. The van der Waals surface area contributed by atoms with E-state index in [0.29, 0.717) is 5.56 Å². The molecule has 0 spiro atoms. The maximum Gasteiger partial charge on any atom is 0.185 e. The Balaban J connectivity index is 1.66. The molecule has 1 heterocycles. The zero-order valence-corrected chi connectivity index (χ0v) is 13.4. The van der Waals surface area contributed by atoms with Crippen LogP contribution in [0.3, 0.4) is 0 Å². The predicted molar refractivity (Wildman–Crippen MR) is 98.7 cm³/mol. The van der Waals surface area contributed by atoms with Crippen molar-refractivity contribution < 1.29 is 4.79 Å². The second kappa shape index (κ2) is 7.52. The predicted octanol–water partition coefficient (Wildman–Crippen LogP) is 5.87. The number of thiophene rings is 1. The van der Waals surface area contributed by atoms with Gasteiger partial charge >= 0.3 is 0 Å². The van der Waals surface area contributed by atoms with E-state index in [1.54, 1.807) is 23.5 Å². The highest BCUT2D eigenvalue weighted by Gasteiger charge is 2.02. The minimum Gasteiger partial charge on any atom is -0.289 e. The van der Waals surface area contributed by atoms with Crippen LogP contribution in [0.2, 0.25) is 0 Å². The number of hydrogen-bond donors (Lipinski definition) is 0. The number of carbonyl (C=O) groups excluding carboxylic acids is 1. The maximum atomic E-state index is 12.1. The molecule has 1 nitrogen and oxygen atoms in total. The number of benzene rings is 2. The normalized spacial score (nSPS) is 11.3. The van der Waals surface area contributed by atoms with Gasteiger partial charge in [-0.05, 0) is 34.7 Å². The lowest BCUT2D eigenvalue weighted by atomic mass is 10.0. The van der Waals surface area contributed by atoms with Gasteiger partial charge in [0.05, 0.1) is 0 Å². The number of ketones is 1. The zero-order valence-electron chi connectivity index (χ0n) is 12.6. The van der Waals surface area contributed by atoms with Gasteiger partial charge in [0.2, 0.25) is 0 Å². The van der Waals surface area contributed by atoms with Crippen molar-refractivity contribution in [1.29, 1.82) is 0 Å². The van der Waals surface area contributed by atoms with E-state index in [-0.39, 0.29) is 5.78 Å². The Hall–Kier alpha value is -2.71. The molecule has 0 fully saturated rings. The van der Waals surface area contributed by atoms with Gasteiger partial charge in [-0.15, -0.1) is 11.3 Å². The lowest BCUT2D eigenvalue weighted by Gasteiger charge is -2.02. The molecule has 0 saturated carbocycles. The summed E-state index contributed by atoms with van der Waals surface area (Å²) in [5, 5.41) is 2.03. The molecule has 0 amide bonds. The lowest BCUT2D eigenvalue weighted by molar-refractivity contribution is 0.104. The molecule has 0 N–H and O–H groups in total. The number of hydrogen-bond acceptors (Lipinski definition) is 2. The second-order valence-electron chi connectivity index (χ2n) is 5.04. The van der Waals surface area contributed by atoms with Gasteiger partial charge in [-0.1, -0.05) is 72.8 Å². The van der Waals surface area contributed by atoms with Gasteiger partial charge in [-0.3, -0.25) is 4.79 Å². The molecule has 0 unspecified atom stereocenters. The van der Waals surface area contributed by atoms with Crippen LogP contribution >= 0.6 is 11.3 Å². The van der Waals surface area contributed by atoms with Crippen molar-refractivity contribution in [3.05, 3.63) is 101 Å². The molecule has 3 rings (SSSR count). The van der Waals surface area contributed by atoms with E-state index < -0.39 is 0 Å². The first-order valence-corrected chi connectivity index (χ1v) is 8.29. The van der Waals surface area contributed by atoms with Gasteiger partial charge in [0, 0.05) is 10.4 Å². The first kappa shape index (κ1) is 15.2. The lowest BCUT2D eigenvalue weighted by Crippen LogP contribution is -1.93. The quantitative estimate of drug-likeness (QED) is 0.327. The fourth-order valence-electron chi connectivity index (χ4n) is 2.23. The molecule has 3 aromatic rings. The summed E-state index contributed by atoms with van der Waals surface area (Å²) in [6, 6.07) is 21.9. The molecular weight excluding hydrogens is 300 g/mol. The highest BCUT2D eigenvalue weighted by molar-refractivity contribution is 7.10. The molecule has 0 aliphatic carbocycles. The van der Waals surface area contributed by atoms with Crippen LogP contribution in [0.4, 0.5) is 0 Å². The van der Waals surface area contributed by atoms with Crippen molar-refractivity contribution >= 4 is 23.2 Å². The molecule has 0 atom stereocenters. The van der Waals surface area contributed by atoms with Crippen molar-refractivity contribution in [3.8, 4) is 11.1 Å². The minimum atomic E-state index is 0.0143. The maximum absolute atomic E-state index is 12.1. The molecule has 2 heteroatoms. The second-order valence-corrected chi connectivity index (χ2v) is 6.02. The summed E-state index contributed by atoms with van der Waals surface area (Å²) in [4.78, 5) is 13.3. The van der Waals surface area contributed by atoms with E-state index >= 15 is 0 Å². The smallest absolute Gasteiger partial charge is 0.185 e. The van der Waals surface area contributed by atoms with Gasteiger partial charge in [-0.25, -0.2) is 0 Å². The topological polar surface area (TPSA) is 17.1 Å². The van der Waals surface area contributed by atoms with Crippen LogP contribution in [-0.2, 0) is 0 Å². The molecule has 0 radical (unpaired) electrons. The summed E-state index contributed by atoms with van der Waals surface area (Å²) in [5.41, 5.74) is 2.97. The molecule has 0 aliphatic heterocycles. The largest absolute Gasteiger partial charge is 0.289 e. The summed E-state index contributed by atoms with van der Waals surface area (Å²) in [6.45, 7) is 0. The van der Waals surface area contributed by atoms with Crippen LogP contribution in [-0.4, -0.2) is 5.78 Å². The van der Waals surface area contributed by atoms with Gasteiger partial charge < -0.3 is 0 Å². The molecule has 0 saturated heterocycles. The third kappa shape index (κ3) is 4.15. The molecule has 1 aromatic heterocycles. The Morgan fingerprint density at radius 2 is 1.52 bits per heavy atom. The SMILES string of the molecule is O=C(C=CC=Cc1cccs1)c1ccc(-c2ccccc2)cc1. The standard InChI is InChI=1S/C21H16OS/c22-21(11-5-4-9-20-10-6-16-23-20)19-14-12-18(13-15-19)17-7-2-1-3-8-17/h1-16H. The Morgan fingerprint density at radius 1 is 0.783 bits per heavy atom. The fraction of sp³-hybridized carbons (Fsp3) is 0. The van der Waals surface area contributed by atoms with Gasteiger partial charge in [-0.2, -0.15) is 0 Å². The summed E-state index contributed by atoms with van der Waals surface area (Å²) in [7, 11) is 0. The Bertz CT molecular complexity index is 810. The van der Waals surface area contributed by atoms with Crippen LogP contribution in [0.15, 0.2) is 90.3 Å².